The molecule has 0 saturated carbocycles. The van der Waals surface area contributed by atoms with Crippen LogP contribution >= 0.6 is 67.8 Å². The van der Waals surface area contributed by atoms with Gasteiger partial charge in [-0.05, 0) is 85.1 Å². The van der Waals surface area contributed by atoms with Crippen molar-refractivity contribution in [3.8, 4) is 0 Å². The van der Waals surface area contributed by atoms with E-state index in [1.165, 1.54) is 5.17 Å². The maximum absolute atomic E-state index is 3.85. The van der Waals surface area contributed by atoms with Gasteiger partial charge >= 0.3 is 0 Å². The van der Waals surface area contributed by atoms with Crippen LogP contribution in [0.4, 0.5) is 0 Å². The van der Waals surface area contributed by atoms with Crippen molar-refractivity contribution in [1.82, 2.24) is 20.2 Å². The van der Waals surface area contributed by atoms with Crippen LogP contribution in [-0.2, 0) is 6.54 Å². The quantitative estimate of drug-likeness (QED) is 0.585. The van der Waals surface area contributed by atoms with Crippen LogP contribution in [-0.4, -0.2) is 20.2 Å². The van der Waals surface area contributed by atoms with Gasteiger partial charge in [0, 0.05) is 3.58 Å². The average Bonchev–Trinajstić information content (AvgIpc) is 2.36. The summed E-state index contributed by atoms with van der Waals surface area (Å²) in [5, 5.41) is 11.2. The Balaban J connectivity index is 2.78. The van der Waals surface area contributed by atoms with Crippen molar-refractivity contribution in [2.75, 3.05) is 0 Å². The first-order valence-corrected chi connectivity index (χ1v) is 6.27. The van der Waals surface area contributed by atoms with Crippen LogP contribution in [0.25, 0.3) is 0 Å². The molecule has 66 valence electrons. The molecule has 0 atom stereocenters. The largest absolute Gasteiger partial charge is 0.225 e. The summed E-state index contributed by atoms with van der Waals surface area (Å²) in [6, 6.07) is 0. The molecule has 0 radical (unpaired) electrons. The standard InChI is InChI=1S/C5H5I3N4/c1-3-9-10-11-12(3)2-4(6)5(7)8/h2H2,1H3. The van der Waals surface area contributed by atoms with Gasteiger partial charge in [-0.15, -0.1) is 5.10 Å². The highest BCUT2D eigenvalue weighted by Gasteiger charge is 2.03. The van der Waals surface area contributed by atoms with Crippen molar-refractivity contribution < 1.29 is 0 Å². The van der Waals surface area contributed by atoms with Gasteiger partial charge < -0.3 is 0 Å². The predicted octanol–water partition coefficient (Wildman–Crippen LogP) is 2.46. The third-order valence-electron chi connectivity index (χ3n) is 1.20. The molecule has 0 aliphatic heterocycles. The first-order valence-electron chi connectivity index (χ1n) is 3.03. The second-order valence-electron chi connectivity index (χ2n) is 2.05. The van der Waals surface area contributed by atoms with E-state index in [1.54, 1.807) is 4.68 Å². The van der Waals surface area contributed by atoms with E-state index in [1.807, 2.05) is 6.92 Å². The van der Waals surface area contributed by atoms with Crippen molar-refractivity contribution in [2.24, 2.45) is 0 Å². The zero-order valence-corrected chi connectivity index (χ0v) is 12.6. The van der Waals surface area contributed by atoms with Crippen LogP contribution < -0.4 is 0 Å². The molecule has 0 amide bonds. The van der Waals surface area contributed by atoms with Gasteiger partial charge in [-0.2, -0.15) is 0 Å². The fraction of sp³-hybridized carbons (Fsp3) is 0.400. The number of allylic oxidation sites excluding steroid dienone is 1. The summed E-state index contributed by atoms with van der Waals surface area (Å²) in [6.07, 6.45) is 0. The topological polar surface area (TPSA) is 43.6 Å². The van der Waals surface area contributed by atoms with Crippen molar-refractivity contribution in [3.05, 3.63) is 11.0 Å². The molecular weight excluding hydrogens is 497 g/mol. The van der Waals surface area contributed by atoms with Crippen LogP contribution in [0.15, 0.2) is 5.17 Å². The van der Waals surface area contributed by atoms with Crippen LogP contribution in [0.3, 0.4) is 0 Å². The number of aromatic nitrogens is 4. The third-order valence-corrected chi connectivity index (χ3v) is 5.45. The minimum Gasteiger partial charge on any atom is -0.225 e. The molecule has 4 nitrogen and oxygen atoms in total. The molecule has 0 aliphatic carbocycles. The SMILES string of the molecule is Cc1nnnn1CC(I)=C(I)I. The summed E-state index contributed by atoms with van der Waals surface area (Å²) >= 11 is 6.86. The molecule has 1 aromatic heterocycles. The number of aryl methyl sites for hydroxylation is 1. The Morgan fingerprint density at radius 2 is 2.08 bits per heavy atom. The lowest BCUT2D eigenvalue weighted by Gasteiger charge is -2.00. The monoisotopic (exact) mass is 502 g/mol. The highest BCUT2D eigenvalue weighted by Crippen LogP contribution is 2.26. The number of nitrogens with zero attached hydrogens (tertiary/aromatic N) is 4. The molecule has 1 aromatic rings. The van der Waals surface area contributed by atoms with E-state index in [0.717, 1.165) is 12.4 Å². The lowest BCUT2D eigenvalue weighted by molar-refractivity contribution is 0.643. The Labute approximate surface area is 111 Å². The molecule has 0 saturated heterocycles. The molecule has 0 N–H and O–H groups in total. The lowest BCUT2D eigenvalue weighted by Crippen LogP contribution is -2.02. The fourth-order valence-corrected chi connectivity index (χ4v) is 1.25. The normalized spacial score (nSPS) is 10.0. The molecule has 0 unspecified atom stereocenters. The van der Waals surface area contributed by atoms with Gasteiger partial charge in [0.1, 0.15) is 5.82 Å². The number of tetrazole rings is 1. The molecule has 7 heteroatoms. The van der Waals surface area contributed by atoms with Crippen LogP contribution in [0.1, 0.15) is 5.82 Å². The van der Waals surface area contributed by atoms with Crippen molar-refractivity contribution >= 4 is 67.8 Å². The summed E-state index contributed by atoms with van der Waals surface area (Å²) in [4.78, 5) is 0. The molecule has 0 fully saturated rings. The zero-order valence-electron chi connectivity index (χ0n) is 6.13. The molecule has 12 heavy (non-hydrogen) atoms. The van der Waals surface area contributed by atoms with Gasteiger partial charge in [0.15, 0.2) is 0 Å². The van der Waals surface area contributed by atoms with Gasteiger partial charge in [0.2, 0.25) is 0 Å². The highest BCUT2D eigenvalue weighted by atomic mass is 127. The third kappa shape index (κ3) is 3.05. The molecule has 0 aliphatic rings. The Morgan fingerprint density at radius 3 is 2.50 bits per heavy atom. The van der Waals surface area contributed by atoms with E-state index in [0.29, 0.717) is 0 Å². The van der Waals surface area contributed by atoms with Gasteiger partial charge in [0.25, 0.3) is 0 Å². The number of hydrogen-bond acceptors (Lipinski definition) is 3. The maximum Gasteiger partial charge on any atom is 0.148 e. The molecule has 1 heterocycles. The van der Waals surface area contributed by atoms with Gasteiger partial charge in [-0.1, -0.05) is 0 Å². The summed E-state index contributed by atoms with van der Waals surface area (Å²) in [5.74, 6) is 0.846. The van der Waals surface area contributed by atoms with Gasteiger partial charge in [-0.25, -0.2) is 4.68 Å². The van der Waals surface area contributed by atoms with E-state index in [9.17, 15) is 0 Å². The minimum atomic E-state index is 0.764. The Morgan fingerprint density at radius 1 is 1.42 bits per heavy atom. The van der Waals surface area contributed by atoms with E-state index in [-0.39, 0.29) is 0 Å². The smallest absolute Gasteiger partial charge is 0.148 e. The molecule has 0 bridgehead atoms. The first kappa shape index (κ1) is 11.1. The van der Waals surface area contributed by atoms with Gasteiger partial charge in [-0.3, -0.25) is 0 Å². The van der Waals surface area contributed by atoms with Crippen LogP contribution in [0, 0.1) is 6.92 Å². The van der Waals surface area contributed by atoms with E-state index in [2.05, 4.69) is 83.3 Å². The molecule has 0 aromatic carbocycles. The second-order valence-corrected chi connectivity index (χ2v) is 7.57. The van der Waals surface area contributed by atoms with Crippen molar-refractivity contribution in [2.45, 2.75) is 13.5 Å². The minimum absolute atomic E-state index is 0.764. The van der Waals surface area contributed by atoms with Gasteiger partial charge in [0.05, 0.1) is 8.13 Å². The van der Waals surface area contributed by atoms with Crippen LogP contribution in [0.5, 0.6) is 0 Å². The maximum atomic E-state index is 3.85. The lowest BCUT2D eigenvalue weighted by atomic mass is 10.6. The van der Waals surface area contributed by atoms with Crippen molar-refractivity contribution in [3.63, 3.8) is 0 Å². The van der Waals surface area contributed by atoms with E-state index < -0.39 is 0 Å². The first-order chi connectivity index (χ1) is 5.61. The number of rotatable bonds is 2. The summed E-state index contributed by atoms with van der Waals surface area (Å²) in [7, 11) is 0. The Bertz CT molecular complexity index is 301. The van der Waals surface area contributed by atoms with Crippen molar-refractivity contribution in [1.29, 1.82) is 0 Å². The van der Waals surface area contributed by atoms with E-state index in [4.69, 9.17) is 0 Å². The summed E-state index contributed by atoms with van der Waals surface area (Å²) < 4.78 is 4.28. The number of hydrogen-bond donors (Lipinski definition) is 0. The number of halogens is 3. The molecule has 0 spiro atoms. The average molecular weight is 502 g/mol. The zero-order chi connectivity index (χ0) is 9.14. The molecular formula is C5H5I3N4. The Kier molecular flexibility index (Phi) is 4.64. The highest BCUT2D eigenvalue weighted by molar-refractivity contribution is 14.2. The summed E-state index contributed by atoms with van der Waals surface area (Å²) in [6.45, 7) is 2.66. The predicted molar refractivity (Wildman–Crippen MR) is 71.6 cm³/mol. The fourth-order valence-electron chi connectivity index (χ4n) is 0.587. The summed E-state index contributed by atoms with van der Waals surface area (Å²) in [5.41, 5.74) is 0. The molecule has 1 rings (SSSR count). The Hall–Kier alpha value is 1.000. The van der Waals surface area contributed by atoms with E-state index >= 15 is 0 Å². The van der Waals surface area contributed by atoms with Crippen LogP contribution in [0.2, 0.25) is 0 Å². The second kappa shape index (κ2) is 5.02.